The molecule has 0 aromatic carbocycles. The van der Waals surface area contributed by atoms with Crippen molar-refractivity contribution in [1.82, 2.24) is 9.97 Å². The Morgan fingerprint density at radius 3 is 2.92 bits per heavy atom. The number of carbonyl (C=O) groups excluding carboxylic acids is 1. The minimum atomic E-state index is -0.550. The summed E-state index contributed by atoms with van der Waals surface area (Å²) in [5.41, 5.74) is 0.192. The highest BCUT2D eigenvalue weighted by atomic mass is 16.5. The van der Waals surface area contributed by atoms with E-state index in [1.807, 2.05) is 0 Å². The van der Waals surface area contributed by atoms with Gasteiger partial charge in [0, 0.05) is 6.20 Å². The lowest BCUT2D eigenvalue weighted by molar-refractivity contribution is 0.0593. The maximum absolute atomic E-state index is 11.0. The number of aromatic nitrogens is 2. The normalized spacial score (nSPS) is 9.69. The van der Waals surface area contributed by atoms with E-state index in [4.69, 9.17) is 0 Å². The lowest BCUT2D eigenvalue weighted by atomic mass is 10.3. The summed E-state index contributed by atoms with van der Waals surface area (Å²) in [7, 11) is 1.26. The van der Waals surface area contributed by atoms with E-state index in [9.17, 15) is 9.59 Å². The van der Waals surface area contributed by atoms with Crippen LogP contribution >= 0.6 is 0 Å². The van der Waals surface area contributed by atoms with Crippen molar-refractivity contribution in [3.8, 4) is 0 Å². The minimum absolute atomic E-state index is 0.124. The summed E-state index contributed by atoms with van der Waals surface area (Å²) in [6.07, 6.45) is 1.73. The van der Waals surface area contributed by atoms with Crippen molar-refractivity contribution in [2.75, 3.05) is 7.11 Å². The van der Waals surface area contributed by atoms with E-state index in [0.29, 0.717) is 12.1 Å². The molecule has 0 fully saturated rings. The zero-order valence-electron chi connectivity index (χ0n) is 7.46. The van der Waals surface area contributed by atoms with E-state index in [2.05, 4.69) is 14.7 Å². The first-order valence-corrected chi connectivity index (χ1v) is 3.86. The van der Waals surface area contributed by atoms with Crippen LogP contribution in [0.15, 0.2) is 11.0 Å². The van der Waals surface area contributed by atoms with Crippen molar-refractivity contribution in [2.45, 2.75) is 13.3 Å². The fraction of sp³-hybridized carbons (Fsp3) is 0.375. The van der Waals surface area contributed by atoms with Gasteiger partial charge in [0.15, 0.2) is 5.69 Å². The Kier molecular flexibility index (Phi) is 2.79. The number of ether oxygens (including phenoxy) is 1. The first-order valence-electron chi connectivity index (χ1n) is 3.86. The fourth-order valence-electron chi connectivity index (χ4n) is 0.894. The SMILES string of the molecule is CCc1nc(C(=O)OC)c[nH]c1=O. The molecule has 1 aromatic heterocycles. The molecule has 0 spiro atoms. The smallest absolute Gasteiger partial charge is 0.358 e. The molecule has 0 bridgehead atoms. The first-order chi connectivity index (χ1) is 6.19. The van der Waals surface area contributed by atoms with Gasteiger partial charge in [-0.25, -0.2) is 9.78 Å². The summed E-state index contributed by atoms with van der Waals surface area (Å²) in [4.78, 5) is 28.3. The molecule has 0 saturated heterocycles. The molecule has 1 aromatic rings. The molecule has 1 rings (SSSR count). The summed E-state index contributed by atoms with van der Waals surface area (Å²) in [5.74, 6) is -0.550. The van der Waals surface area contributed by atoms with Gasteiger partial charge in [-0.15, -0.1) is 0 Å². The van der Waals surface area contributed by atoms with E-state index < -0.39 is 5.97 Å². The number of nitrogens with one attached hydrogen (secondary N) is 1. The van der Waals surface area contributed by atoms with Crippen molar-refractivity contribution in [3.63, 3.8) is 0 Å². The van der Waals surface area contributed by atoms with Gasteiger partial charge in [-0.1, -0.05) is 6.92 Å². The number of aryl methyl sites for hydroxylation is 1. The van der Waals surface area contributed by atoms with Crippen molar-refractivity contribution >= 4 is 5.97 Å². The average Bonchev–Trinajstić information content (AvgIpc) is 2.17. The molecule has 70 valence electrons. The summed E-state index contributed by atoms with van der Waals surface area (Å²) in [6.45, 7) is 1.79. The molecular weight excluding hydrogens is 172 g/mol. The maximum atomic E-state index is 11.0. The number of methoxy groups -OCH3 is 1. The molecule has 0 aliphatic carbocycles. The van der Waals surface area contributed by atoms with Gasteiger partial charge in [0.05, 0.1) is 7.11 Å². The third kappa shape index (κ3) is 1.93. The van der Waals surface area contributed by atoms with Crippen molar-refractivity contribution < 1.29 is 9.53 Å². The van der Waals surface area contributed by atoms with Gasteiger partial charge < -0.3 is 9.72 Å². The molecular formula is C8H10N2O3. The number of hydrogen-bond donors (Lipinski definition) is 1. The molecule has 1 heterocycles. The highest BCUT2D eigenvalue weighted by molar-refractivity contribution is 5.86. The zero-order valence-corrected chi connectivity index (χ0v) is 7.46. The second-order valence-corrected chi connectivity index (χ2v) is 2.41. The lowest BCUT2D eigenvalue weighted by Gasteiger charge is -1.99. The second kappa shape index (κ2) is 3.84. The van der Waals surface area contributed by atoms with Crippen LogP contribution in [0.5, 0.6) is 0 Å². The number of nitrogens with zero attached hydrogens (tertiary/aromatic N) is 1. The predicted molar refractivity (Wildman–Crippen MR) is 45.6 cm³/mol. The van der Waals surface area contributed by atoms with Gasteiger partial charge in [-0.3, -0.25) is 4.79 Å². The van der Waals surface area contributed by atoms with Crippen molar-refractivity contribution in [3.05, 3.63) is 27.9 Å². The lowest BCUT2D eigenvalue weighted by Crippen LogP contribution is -2.18. The monoisotopic (exact) mass is 182 g/mol. The maximum Gasteiger partial charge on any atom is 0.358 e. The predicted octanol–water partition coefficient (Wildman–Crippen LogP) is 0.119. The Bertz CT molecular complexity index is 370. The fourth-order valence-corrected chi connectivity index (χ4v) is 0.894. The number of hydrogen-bond acceptors (Lipinski definition) is 4. The van der Waals surface area contributed by atoms with Gasteiger partial charge in [0.2, 0.25) is 0 Å². The molecule has 1 N–H and O–H groups in total. The molecule has 0 amide bonds. The Hall–Kier alpha value is -1.65. The standard InChI is InChI=1S/C8H10N2O3/c1-3-5-7(11)9-4-6(10-5)8(12)13-2/h4H,3H2,1-2H3,(H,9,11). The number of esters is 1. The van der Waals surface area contributed by atoms with E-state index >= 15 is 0 Å². The topological polar surface area (TPSA) is 72.0 Å². The summed E-state index contributed by atoms with van der Waals surface area (Å²) < 4.78 is 4.45. The molecule has 0 saturated carbocycles. The molecule has 0 aliphatic rings. The average molecular weight is 182 g/mol. The van der Waals surface area contributed by atoms with Crippen molar-refractivity contribution in [1.29, 1.82) is 0 Å². The van der Waals surface area contributed by atoms with Crippen molar-refractivity contribution in [2.24, 2.45) is 0 Å². The van der Waals surface area contributed by atoms with Crippen LogP contribution in [0.25, 0.3) is 0 Å². The summed E-state index contributed by atoms with van der Waals surface area (Å²) in [6, 6.07) is 0. The highest BCUT2D eigenvalue weighted by Gasteiger charge is 2.09. The molecule has 0 radical (unpaired) electrons. The first kappa shape index (κ1) is 9.44. The quantitative estimate of drug-likeness (QED) is 0.659. The van der Waals surface area contributed by atoms with Gasteiger partial charge in [0.25, 0.3) is 5.56 Å². The highest BCUT2D eigenvalue weighted by Crippen LogP contribution is 1.94. The summed E-state index contributed by atoms with van der Waals surface area (Å²) in [5, 5.41) is 0. The van der Waals surface area contributed by atoms with Gasteiger partial charge in [0.1, 0.15) is 5.69 Å². The van der Waals surface area contributed by atoms with E-state index in [0.717, 1.165) is 0 Å². The van der Waals surface area contributed by atoms with E-state index in [1.165, 1.54) is 13.3 Å². The molecule has 0 aliphatic heterocycles. The van der Waals surface area contributed by atoms with Crippen LogP contribution in [0, 0.1) is 0 Å². The third-order valence-corrected chi connectivity index (χ3v) is 1.59. The van der Waals surface area contributed by atoms with Gasteiger partial charge >= 0.3 is 5.97 Å². The number of aromatic amines is 1. The van der Waals surface area contributed by atoms with Crippen LogP contribution in [0.2, 0.25) is 0 Å². The third-order valence-electron chi connectivity index (χ3n) is 1.59. The van der Waals surface area contributed by atoms with E-state index in [-0.39, 0.29) is 11.3 Å². The minimum Gasteiger partial charge on any atom is -0.464 e. The zero-order chi connectivity index (χ0) is 9.84. The molecule has 0 atom stereocenters. The van der Waals surface area contributed by atoms with E-state index in [1.54, 1.807) is 6.92 Å². The van der Waals surface area contributed by atoms with Crippen LogP contribution < -0.4 is 5.56 Å². The molecule has 13 heavy (non-hydrogen) atoms. The Labute approximate surface area is 74.8 Å². The van der Waals surface area contributed by atoms with Gasteiger partial charge in [-0.05, 0) is 6.42 Å². The molecule has 5 heteroatoms. The van der Waals surface area contributed by atoms with Crippen LogP contribution in [0.1, 0.15) is 23.1 Å². The second-order valence-electron chi connectivity index (χ2n) is 2.41. The number of carbonyl (C=O) groups is 1. The number of rotatable bonds is 2. The Morgan fingerprint density at radius 2 is 2.38 bits per heavy atom. The van der Waals surface area contributed by atoms with Crippen LogP contribution in [-0.4, -0.2) is 23.0 Å². The molecule has 5 nitrogen and oxygen atoms in total. The van der Waals surface area contributed by atoms with Crippen LogP contribution in [0.4, 0.5) is 0 Å². The Morgan fingerprint density at radius 1 is 1.69 bits per heavy atom. The summed E-state index contributed by atoms with van der Waals surface area (Å²) >= 11 is 0. The van der Waals surface area contributed by atoms with Crippen LogP contribution in [0.3, 0.4) is 0 Å². The molecule has 0 unspecified atom stereocenters. The number of H-pyrrole nitrogens is 1. The Balaban J connectivity index is 3.13. The van der Waals surface area contributed by atoms with Crippen LogP contribution in [-0.2, 0) is 11.2 Å². The largest absolute Gasteiger partial charge is 0.464 e. The van der Waals surface area contributed by atoms with Gasteiger partial charge in [-0.2, -0.15) is 0 Å².